The fraction of sp³-hybridized carbons (Fsp3) is 0.455. The molecule has 2 N–H and O–H groups in total. The molecule has 1 atom stereocenters. The standard InChI is InChI=1S/C11H15BrO2/c1-7(13)8-4-5-9(10(12)6-8)11(2,3)14/h4-7,13-14H,1-3H3. The summed E-state index contributed by atoms with van der Waals surface area (Å²) in [7, 11) is 0. The van der Waals surface area contributed by atoms with Crippen molar-refractivity contribution in [3.05, 3.63) is 33.8 Å². The molecule has 14 heavy (non-hydrogen) atoms. The van der Waals surface area contributed by atoms with Crippen LogP contribution in [0.5, 0.6) is 0 Å². The van der Waals surface area contributed by atoms with Crippen LogP contribution in [0.2, 0.25) is 0 Å². The van der Waals surface area contributed by atoms with Crippen molar-refractivity contribution < 1.29 is 10.2 Å². The molecule has 0 aliphatic heterocycles. The first-order chi connectivity index (χ1) is 6.32. The summed E-state index contributed by atoms with van der Waals surface area (Å²) in [4.78, 5) is 0. The highest BCUT2D eigenvalue weighted by atomic mass is 79.9. The Kier molecular flexibility index (Phi) is 3.35. The molecule has 78 valence electrons. The Labute approximate surface area is 92.7 Å². The molecule has 0 spiro atoms. The molecule has 0 heterocycles. The number of rotatable bonds is 2. The van der Waals surface area contributed by atoms with E-state index in [1.54, 1.807) is 20.8 Å². The SMILES string of the molecule is CC(O)c1ccc(C(C)(C)O)c(Br)c1. The van der Waals surface area contributed by atoms with E-state index in [1.165, 1.54) is 0 Å². The van der Waals surface area contributed by atoms with Crippen LogP contribution in [0.25, 0.3) is 0 Å². The maximum atomic E-state index is 9.81. The molecule has 0 aliphatic carbocycles. The Morgan fingerprint density at radius 3 is 2.29 bits per heavy atom. The molecule has 1 aromatic rings. The van der Waals surface area contributed by atoms with Crippen molar-refractivity contribution >= 4 is 15.9 Å². The minimum atomic E-state index is -0.865. The van der Waals surface area contributed by atoms with Gasteiger partial charge in [-0.3, -0.25) is 0 Å². The van der Waals surface area contributed by atoms with Crippen molar-refractivity contribution in [2.45, 2.75) is 32.5 Å². The molecule has 0 saturated heterocycles. The fourth-order valence-electron chi connectivity index (χ4n) is 1.29. The summed E-state index contributed by atoms with van der Waals surface area (Å²) in [6.45, 7) is 5.18. The summed E-state index contributed by atoms with van der Waals surface area (Å²) in [6.07, 6.45) is -0.484. The first-order valence-electron chi connectivity index (χ1n) is 4.52. The highest BCUT2D eigenvalue weighted by Gasteiger charge is 2.19. The summed E-state index contributed by atoms with van der Waals surface area (Å²) < 4.78 is 0.823. The number of hydrogen-bond acceptors (Lipinski definition) is 2. The molecule has 0 amide bonds. The minimum Gasteiger partial charge on any atom is -0.389 e. The molecule has 0 aliphatic rings. The van der Waals surface area contributed by atoms with Gasteiger partial charge in [0.1, 0.15) is 0 Å². The lowest BCUT2D eigenvalue weighted by molar-refractivity contribution is 0.0777. The van der Waals surface area contributed by atoms with Crippen LogP contribution >= 0.6 is 15.9 Å². The third kappa shape index (κ3) is 2.56. The zero-order valence-electron chi connectivity index (χ0n) is 8.58. The van der Waals surface area contributed by atoms with E-state index in [2.05, 4.69) is 15.9 Å². The number of halogens is 1. The van der Waals surface area contributed by atoms with Gasteiger partial charge >= 0.3 is 0 Å². The van der Waals surface area contributed by atoms with Crippen molar-refractivity contribution in [3.63, 3.8) is 0 Å². The largest absolute Gasteiger partial charge is 0.389 e. The number of hydrogen-bond donors (Lipinski definition) is 2. The van der Waals surface area contributed by atoms with Crippen LogP contribution in [0, 0.1) is 0 Å². The van der Waals surface area contributed by atoms with E-state index < -0.39 is 11.7 Å². The van der Waals surface area contributed by atoms with Crippen LogP contribution < -0.4 is 0 Å². The minimum absolute atomic E-state index is 0.484. The maximum Gasteiger partial charge on any atom is 0.0851 e. The summed E-state index contributed by atoms with van der Waals surface area (Å²) in [5.74, 6) is 0. The third-order valence-electron chi connectivity index (χ3n) is 2.13. The molecule has 1 unspecified atom stereocenters. The Balaban J connectivity index is 3.15. The van der Waals surface area contributed by atoms with E-state index in [1.807, 2.05) is 18.2 Å². The third-order valence-corrected chi connectivity index (χ3v) is 2.79. The predicted octanol–water partition coefficient (Wildman–Crippen LogP) is 2.73. The molecular weight excluding hydrogens is 244 g/mol. The smallest absolute Gasteiger partial charge is 0.0851 e. The van der Waals surface area contributed by atoms with E-state index in [9.17, 15) is 10.2 Å². The topological polar surface area (TPSA) is 40.5 Å². The van der Waals surface area contributed by atoms with Gasteiger partial charge in [-0.15, -0.1) is 0 Å². The maximum absolute atomic E-state index is 9.81. The van der Waals surface area contributed by atoms with Crippen molar-refractivity contribution in [2.75, 3.05) is 0 Å². The van der Waals surface area contributed by atoms with Gasteiger partial charge in [0.05, 0.1) is 11.7 Å². The van der Waals surface area contributed by atoms with Crippen LogP contribution in [0.1, 0.15) is 38.0 Å². The van der Waals surface area contributed by atoms with E-state index in [-0.39, 0.29) is 0 Å². The molecule has 0 bridgehead atoms. The van der Waals surface area contributed by atoms with Crippen LogP contribution in [0.15, 0.2) is 22.7 Å². The molecule has 1 aromatic carbocycles. The molecule has 2 nitrogen and oxygen atoms in total. The molecule has 0 radical (unpaired) electrons. The second kappa shape index (κ2) is 4.01. The average molecular weight is 259 g/mol. The summed E-state index contributed by atoms with van der Waals surface area (Å²) in [5.41, 5.74) is 0.794. The highest BCUT2D eigenvalue weighted by molar-refractivity contribution is 9.10. The molecule has 0 saturated carbocycles. The van der Waals surface area contributed by atoms with Gasteiger partial charge in [0.25, 0.3) is 0 Å². The number of aliphatic hydroxyl groups is 2. The Morgan fingerprint density at radius 1 is 1.36 bits per heavy atom. The van der Waals surface area contributed by atoms with Crippen molar-refractivity contribution in [1.29, 1.82) is 0 Å². The summed E-state index contributed by atoms with van der Waals surface area (Å²) in [6, 6.07) is 5.48. The second-order valence-electron chi connectivity index (χ2n) is 3.97. The van der Waals surface area contributed by atoms with Crippen molar-refractivity contribution in [2.24, 2.45) is 0 Å². The molecule has 1 rings (SSSR count). The normalized spacial score (nSPS) is 14.1. The molecule has 3 heteroatoms. The van der Waals surface area contributed by atoms with Crippen LogP contribution in [0.3, 0.4) is 0 Å². The zero-order chi connectivity index (χ0) is 10.9. The predicted molar refractivity (Wildman–Crippen MR) is 60.0 cm³/mol. The van der Waals surface area contributed by atoms with E-state index in [0.29, 0.717) is 0 Å². The molecular formula is C11H15BrO2. The van der Waals surface area contributed by atoms with Gasteiger partial charge in [-0.25, -0.2) is 0 Å². The quantitative estimate of drug-likeness (QED) is 0.857. The lowest BCUT2D eigenvalue weighted by atomic mass is 9.96. The van der Waals surface area contributed by atoms with E-state index in [0.717, 1.165) is 15.6 Å². The van der Waals surface area contributed by atoms with Gasteiger partial charge < -0.3 is 10.2 Å². The van der Waals surface area contributed by atoms with Crippen LogP contribution in [0.4, 0.5) is 0 Å². The van der Waals surface area contributed by atoms with Gasteiger partial charge in [0, 0.05) is 4.47 Å². The Morgan fingerprint density at radius 2 is 1.93 bits per heavy atom. The lowest BCUT2D eigenvalue weighted by Crippen LogP contribution is -2.16. The van der Waals surface area contributed by atoms with Gasteiger partial charge in [0.15, 0.2) is 0 Å². The van der Waals surface area contributed by atoms with Crippen molar-refractivity contribution in [1.82, 2.24) is 0 Å². The highest BCUT2D eigenvalue weighted by Crippen LogP contribution is 2.30. The number of aliphatic hydroxyl groups excluding tert-OH is 1. The molecule has 0 aromatic heterocycles. The van der Waals surface area contributed by atoms with Gasteiger partial charge in [-0.1, -0.05) is 28.1 Å². The van der Waals surface area contributed by atoms with Gasteiger partial charge in [0.2, 0.25) is 0 Å². The van der Waals surface area contributed by atoms with Crippen molar-refractivity contribution in [3.8, 4) is 0 Å². The van der Waals surface area contributed by atoms with Crippen LogP contribution in [-0.4, -0.2) is 10.2 Å². The first-order valence-corrected chi connectivity index (χ1v) is 5.32. The monoisotopic (exact) mass is 258 g/mol. The molecule has 0 fully saturated rings. The second-order valence-corrected chi connectivity index (χ2v) is 4.83. The van der Waals surface area contributed by atoms with E-state index in [4.69, 9.17) is 0 Å². The van der Waals surface area contributed by atoms with Gasteiger partial charge in [-0.2, -0.15) is 0 Å². The summed E-state index contributed by atoms with van der Waals surface area (Å²) in [5, 5.41) is 19.2. The number of benzene rings is 1. The zero-order valence-corrected chi connectivity index (χ0v) is 10.2. The average Bonchev–Trinajstić information content (AvgIpc) is 2.01. The Hall–Kier alpha value is -0.380. The summed E-state index contributed by atoms with van der Waals surface area (Å²) >= 11 is 3.38. The first kappa shape index (κ1) is 11.7. The lowest BCUT2D eigenvalue weighted by Gasteiger charge is -2.20. The fourth-order valence-corrected chi connectivity index (χ4v) is 2.17. The van der Waals surface area contributed by atoms with E-state index >= 15 is 0 Å². The van der Waals surface area contributed by atoms with Crippen LogP contribution in [-0.2, 0) is 5.60 Å². The Bertz CT molecular complexity index is 327. The van der Waals surface area contributed by atoms with Gasteiger partial charge in [-0.05, 0) is 38.0 Å².